The number of hydrogen-bond acceptors (Lipinski definition) is 6. The predicted octanol–water partition coefficient (Wildman–Crippen LogP) is 3.77. The zero-order valence-corrected chi connectivity index (χ0v) is 17.3. The lowest BCUT2D eigenvalue weighted by Gasteiger charge is -2.35. The van der Waals surface area contributed by atoms with Gasteiger partial charge in [0.1, 0.15) is 0 Å². The minimum absolute atomic E-state index is 0. The first-order valence-electron chi connectivity index (χ1n) is 9.01. The highest BCUT2D eigenvalue weighted by molar-refractivity contribution is 7.99. The number of anilines is 2. The molecule has 2 aliphatic rings. The Balaban J connectivity index is 0.00000196. The van der Waals surface area contributed by atoms with Gasteiger partial charge in [-0.3, -0.25) is 4.90 Å². The summed E-state index contributed by atoms with van der Waals surface area (Å²) in [5.74, 6) is 0. The van der Waals surface area contributed by atoms with Crippen molar-refractivity contribution in [2.24, 2.45) is 0 Å². The molecule has 1 aromatic carbocycles. The number of fused-ring (bicyclic) bond motifs is 2. The molecule has 1 N–H and O–H groups in total. The Morgan fingerprint density at radius 3 is 2.35 bits per heavy atom. The van der Waals surface area contributed by atoms with E-state index in [0.29, 0.717) is 0 Å². The Morgan fingerprint density at radius 2 is 1.58 bits per heavy atom. The lowest BCUT2D eigenvalue weighted by atomic mass is 10.2. The maximum Gasteiger partial charge on any atom is 0.0661 e. The summed E-state index contributed by atoms with van der Waals surface area (Å²) in [7, 11) is 0. The topological polar surface area (TPSA) is 30.0 Å². The zero-order chi connectivity index (χ0) is 17.1. The van der Waals surface area contributed by atoms with Crippen LogP contribution < -0.4 is 4.90 Å². The first kappa shape index (κ1) is 20.0. The maximum atomic E-state index is 9.05. The Hall–Kier alpha value is -0.760. The molecule has 0 aliphatic carbocycles. The van der Waals surface area contributed by atoms with E-state index in [1.807, 2.05) is 11.8 Å². The van der Waals surface area contributed by atoms with Gasteiger partial charge in [0, 0.05) is 59.8 Å². The van der Waals surface area contributed by atoms with E-state index in [-0.39, 0.29) is 19.0 Å². The number of β-amino-alcohol motifs (C(OH)–C–C–N with tert-alkyl or cyclic N) is 1. The number of benzene rings is 1. The van der Waals surface area contributed by atoms with Crippen LogP contribution in [0, 0.1) is 0 Å². The fourth-order valence-electron chi connectivity index (χ4n) is 3.64. The summed E-state index contributed by atoms with van der Waals surface area (Å²) in [6.07, 6.45) is 1.17. The third-order valence-corrected chi connectivity index (χ3v) is 7.00. The Morgan fingerprint density at radius 1 is 0.846 bits per heavy atom. The number of para-hydroxylation sites is 1. The molecule has 1 saturated heterocycles. The molecule has 0 spiro atoms. The molecule has 26 heavy (non-hydrogen) atoms. The lowest BCUT2D eigenvalue weighted by molar-refractivity contribution is 0.112. The largest absolute Gasteiger partial charge is 0.395 e. The van der Waals surface area contributed by atoms with Gasteiger partial charge in [-0.15, -0.1) is 23.7 Å². The van der Waals surface area contributed by atoms with Gasteiger partial charge in [0.15, 0.2) is 0 Å². The molecule has 3 heterocycles. The Kier molecular flexibility index (Phi) is 7.26. The van der Waals surface area contributed by atoms with Gasteiger partial charge in [0.2, 0.25) is 0 Å². The summed E-state index contributed by atoms with van der Waals surface area (Å²) in [4.78, 5) is 10.2. The highest BCUT2D eigenvalue weighted by Gasteiger charge is 2.24. The quantitative estimate of drug-likeness (QED) is 0.781. The molecule has 2 aromatic rings. The lowest BCUT2D eigenvalue weighted by Crippen LogP contribution is -2.47. The van der Waals surface area contributed by atoms with Crippen molar-refractivity contribution in [1.29, 1.82) is 0 Å². The molecule has 142 valence electrons. The fourth-order valence-corrected chi connectivity index (χ4v) is 5.71. The number of hydrogen-bond donors (Lipinski definition) is 1. The van der Waals surface area contributed by atoms with Crippen LogP contribution in [-0.2, 0) is 0 Å². The van der Waals surface area contributed by atoms with Gasteiger partial charge in [-0.05, 0) is 25.1 Å². The van der Waals surface area contributed by atoms with Crippen LogP contribution in [0.1, 0.15) is 6.42 Å². The number of piperazine rings is 1. The van der Waals surface area contributed by atoms with Gasteiger partial charge in [0.25, 0.3) is 0 Å². The minimum atomic E-state index is 0. The second-order valence-corrected chi connectivity index (χ2v) is 8.43. The van der Waals surface area contributed by atoms with Crippen molar-refractivity contribution in [2.75, 3.05) is 57.3 Å². The molecular formula is C19H26ClN3OS2. The van der Waals surface area contributed by atoms with Crippen LogP contribution in [0.5, 0.6) is 0 Å². The molecule has 0 saturated carbocycles. The average molecular weight is 412 g/mol. The Labute approximate surface area is 170 Å². The van der Waals surface area contributed by atoms with E-state index >= 15 is 0 Å². The van der Waals surface area contributed by atoms with Gasteiger partial charge in [-0.2, -0.15) is 0 Å². The number of halogens is 1. The second kappa shape index (κ2) is 9.44. The summed E-state index contributed by atoms with van der Waals surface area (Å²) in [6, 6.07) is 8.75. The maximum absolute atomic E-state index is 9.05. The SMILES string of the molecule is Cl.OCCN1CCN(CCCN2c3ccccc3Sc3cscc32)CC1. The molecule has 0 atom stereocenters. The van der Waals surface area contributed by atoms with Gasteiger partial charge in [-0.1, -0.05) is 23.9 Å². The molecule has 0 radical (unpaired) electrons. The fraction of sp³-hybridized carbons (Fsp3) is 0.474. The van der Waals surface area contributed by atoms with Crippen molar-refractivity contribution in [3.63, 3.8) is 0 Å². The van der Waals surface area contributed by atoms with Crippen molar-refractivity contribution < 1.29 is 5.11 Å². The van der Waals surface area contributed by atoms with E-state index in [9.17, 15) is 0 Å². The summed E-state index contributed by atoms with van der Waals surface area (Å²) < 4.78 is 0. The van der Waals surface area contributed by atoms with E-state index in [1.54, 1.807) is 11.3 Å². The standard InChI is InChI=1S/C19H25N3OS2.ClH/c23-13-12-21-10-8-20(9-11-21)6-3-7-22-16-4-1-2-5-18(16)25-19-15-24-14-17(19)22;/h1-2,4-5,14-15,23H,3,6-13H2;1H. The van der Waals surface area contributed by atoms with Gasteiger partial charge in [-0.25, -0.2) is 0 Å². The van der Waals surface area contributed by atoms with E-state index in [0.717, 1.165) is 45.8 Å². The summed E-state index contributed by atoms with van der Waals surface area (Å²) >= 11 is 3.69. The van der Waals surface area contributed by atoms with Gasteiger partial charge in [0.05, 0.1) is 18.0 Å². The average Bonchev–Trinajstić information content (AvgIpc) is 3.11. The van der Waals surface area contributed by atoms with Crippen LogP contribution in [0.3, 0.4) is 0 Å². The number of thiophene rings is 1. The second-order valence-electron chi connectivity index (χ2n) is 6.60. The summed E-state index contributed by atoms with van der Waals surface area (Å²) in [5.41, 5.74) is 2.73. The Bertz CT molecular complexity index is 704. The first-order chi connectivity index (χ1) is 12.3. The third kappa shape index (κ3) is 4.38. The molecule has 0 amide bonds. The third-order valence-electron chi connectivity index (χ3n) is 5.01. The van der Waals surface area contributed by atoms with Crippen molar-refractivity contribution in [3.05, 3.63) is 35.0 Å². The van der Waals surface area contributed by atoms with Crippen LogP contribution in [0.4, 0.5) is 11.4 Å². The van der Waals surface area contributed by atoms with E-state index in [1.165, 1.54) is 27.6 Å². The van der Waals surface area contributed by atoms with E-state index < -0.39 is 0 Å². The molecule has 7 heteroatoms. The van der Waals surface area contributed by atoms with Crippen LogP contribution in [0.2, 0.25) is 0 Å². The molecule has 0 bridgehead atoms. The van der Waals surface area contributed by atoms with Gasteiger partial charge < -0.3 is 14.9 Å². The van der Waals surface area contributed by atoms with Crippen molar-refractivity contribution >= 4 is 46.9 Å². The van der Waals surface area contributed by atoms with Crippen molar-refractivity contribution in [2.45, 2.75) is 16.2 Å². The van der Waals surface area contributed by atoms with Crippen LogP contribution in [-0.4, -0.2) is 67.3 Å². The predicted molar refractivity (Wildman–Crippen MR) is 114 cm³/mol. The molecule has 4 nitrogen and oxygen atoms in total. The van der Waals surface area contributed by atoms with Crippen LogP contribution in [0.15, 0.2) is 44.8 Å². The molecule has 2 aliphatic heterocycles. The number of aliphatic hydroxyl groups excluding tert-OH is 1. The van der Waals surface area contributed by atoms with Crippen molar-refractivity contribution in [3.8, 4) is 0 Å². The molecular weight excluding hydrogens is 386 g/mol. The highest BCUT2D eigenvalue weighted by atomic mass is 35.5. The highest BCUT2D eigenvalue weighted by Crippen LogP contribution is 2.49. The smallest absolute Gasteiger partial charge is 0.0661 e. The van der Waals surface area contributed by atoms with Crippen molar-refractivity contribution in [1.82, 2.24) is 9.80 Å². The molecule has 1 fully saturated rings. The molecule has 4 rings (SSSR count). The summed E-state index contributed by atoms with van der Waals surface area (Å²) in [6.45, 7) is 7.71. The summed E-state index contributed by atoms with van der Waals surface area (Å²) in [5, 5.41) is 13.6. The molecule has 0 unspecified atom stereocenters. The van der Waals surface area contributed by atoms with Crippen LogP contribution >= 0.6 is 35.5 Å². The monoisotopic (exact) mass is 411 g/mol. The van der Waals surface area contributed by atoms with E-state index in [2.05, 4.69) is 49.7 Å². The zero-order valence-electron chi connectivity index (χ0n) is 14.8. The normalized spacial score (nSPS) is 17.5. The van der Waals surface area contributed by atoms with Gasteiger partial charge >= 0.3 is 0 Å². The first-order valence-corrected chi connectivity index (χ1v) is 10.8. The number of nitrogens with zero attached hydrogens (tertiary/aromatic N) is 3. The number of aliphatic hydroxyl groups is 1. The minimum Gasteiger partial charge on any atom is -0.395 e. The number of rotatable bonds is 6. The van der Waals surface area contributed by atoms with Crippen LogP contribution in [0.25, 0.3) is 0 Å². The molecule has 1 aromatic heterocycles. The van der Waals surface area contributed by atoms with E-state index in [4.69, 9.17) is 5.11 Å².